The molecule has 2 aliphatic heterocycles. The fourth-order valence-corrected chi connectivity index (χ4v) is 3.28. The molecule has 3 amide bonds. The van der Waals surface area contributed by atoms with Crippen molar-refractivity contribution in [2.75, 3.05) is 39.7 Å². The molecule has 9 heteroatoms. The quantitative estimate of drug-likeness (QED) is 0.629. The van der Waals surface area contributed by atoms with Gasteiger partial charge in [0, 0.05) is 33.1 Å². The number of aliphatic hydroxyl groups is 1. The van der Waals surface area contributed by atoms with E-state index in [0.717, 1.165) is 0 Å². The molecule has 0 aromatic heterocycles. The molecule has 2 unspecified atom stereocenters. The third kappa shape index (κ3) is 3.30. The molecule has 1 fully saturated rings. The summed E-state index contributed by atoms with van der Waals surface area (Å²) in [4.78, 5) is 31.6. The number of thioether (sulfide) groups is 1. The van der Waals surface area contributed by atoms with Crippen molar-refractivity contribution in [2.24, 2.45) is 4.99 Å². The van der Waals surface area contributed by atoms with Crippen LogP contribution in [0.15, 0.2) is 4.99 Å². The molecule has 2 heterocycles. The van der Waals surface area contributed by atoms with Gasteiger partial charge in [-0.1, -0.05) is 11.8 Å². The van der Waals surface area contributed by atoms with Crippen molar-refractivity contribution < 1.29 is 19.4 Å². The van der Waals surface area contributed by atoms with Gasteiger partial charge in [-0.25, -0.2) is 9.79 Å². The van der Waals surface area contributed by atoms with Gasteiger partial charge in [0.2, 0.25) is 0 Å². The van der Waals surface area contributed by atoms with Crippen LogP contribution in [0, 0.1) is 0 Å². The Kier molecular flexibility index (Phi) is 5.43. The lowest BCUT2D eigenvalue weighted by Crippen LogP contribution is -2.63. The Bertz CT molecular complexity index is 445. The van der Waals surface area contributed by atoms with E-state index in [9.17, 15) is 9.59 Å². The number of ether oxygens (including phenoxy) is 1. The van der Waals surface area contributed by atoms with E-state index in [0.29, 0.717) is 30.5 Å². The largest absolute Gasteiger partial charge is 0.396 e. The van der Waals surface area contributed by atoms with Crippen molar-refractivity contribution in [3.8, 4) is 0 Å². The Morgan fingerprint density at radius 3 is 2.90 bits per heavy atom. The summed E-state index contributed by atoms with van der Waals surface area (Å²) in [5, 5.41) is 11.9. The summed E-state index contributed by atoms with van der Waals surface area (Å²) < 4.78 is 5.08. The van der Waals surface area contributed by atoms with Gasteiger partial charge in [0.15, 0.2) is 17.4 Å². The first-order valence-electron chi connectivity index (χ1n) is 6.75. The molecule has 0 saturated carbocycles. The molecule has 1 saturated heterocycles. The maximum Gasteiger partial charge on any atom is 0.325 e. The van der Waals surface area contributed by atoms with Gasteiger partial charge < -0.3 is 19.6 Å². The van der Waals surface area contributed by atoms with Crippen molar-refractivity contribution in [1.82, 2.24) is 15.1 Å². The van der Waals surface area contributed by atoms with Crippen molar-refractivity contribution in [3.63, 3.8) is 0 Å². The van der Waals surface area contributed by atoms with Gasteiger partial charge in [-0.2, -0.15) is 0 Å². The van der Waals surface area contributed by atoms with Crippen LogP contribution in [0.3, 0.4) is 0 Å². The molecule has 2 N–H and O–H groups in total. The SMILES string of the molecule is COCCN1C(SCCCO)=NC2C1C(=O)NC(=O)N2C. The number of amidine groups is 1. The zero-order valence-electron chi connectivity index (χ0n) is 12.1. The van der Waals surface area contributed by atoms with Crippen LogP contribution in [-0.2, 0) is 9.53 Å². The van der Waals surface area contributed by atoms with Crippen LogP contribution >= 0.6 is 11.8 Å². The van der Waals surface area contributed by atoms with E-state index in [1.54, 1.807) is 14.2 Å². The fraction of sp³-hybridized carbons (Fsp3) is 0.750. The highest BCUT2D eigenvalue weighted by molar-refractivity contribution is 8.13. The summed E-state index contributed by atoms with van der Waals surface area (Å²) in [6.45, 7) is 1.11. The third-order valence-electron chi connectivity index (χ3n) is 3.39. The number of amides is 3. The Balaban J connectivity index is 2.16. The Hall–Kier alpha value is -1.32. The van der Waals surface area contributed by atoms with E-state index in [-0.39, 0.29) is 12.5 Å². The molecule has 2 aliphatic rings. The average molecular weight is 316 g/mol. The van der Waals surface area contributed by atoms with Crippen LogP contribution in [-0.4, -0.2) is 83.9 Å². The molecule has 0 aromatic rings. The Morgan fingerprint density at radius 2 is 2.24 bits per heavy atom. The zero-order valence-corrected chi connectivity index (χ0v) is 12.9. The highest BCUT2D eigenvalue weighted by Gasteiger charge is 2.48. The summed E-state index contributed by atoms with van der Waals surface area (Å²) >= 11 is 1.48. The lowest BCUT2D eigenvalue weighted by molar-refractivity contribution is -0.127. The number of urea groups is 1. The molecule has 21 heavy (non-hydrogen) atoms. The van der Waals surface area contributed by atoms with E-state index in [4.69, 9.17) is 9.84 Å². The third-order valence-corrected chi connectivity index (χ3v) is 4.48. The number of nitrogens with one attached hydrogen (secondary N) is 1. The number of hydrogen-bond donors (Lipinski definition) is 2. The van der Waals surface area contributed by atoms with Gasteiger partial charge in [0.05, 0.1) is 6.61 Å². The number of imide groups is 1. The highest BCUT2D eigenvalue weighted by Crippen LogP contribution is 2.28. The van der Waals surface area contributed by atoms with Crippen LogP contribution in [0.4, 0.5) is 4.79 Å². The van der Waals surface area contributed by atoms with Gasteiger partial charge in [-0.05, 0) is 6.42 Å². The van der Waals surface area contributed by atoms with Gasteiger partial charge in [0.25, 0.3) is 5.91 Å². The van der Waals surface area contributed by atoms with Gasteiger partial charge >= 0.3 is 6.03 Å². The number of carbonyl (C=O) groups is 2. The first-order valence-corrected chi connectivity index (χ1v) is 7.73. The Morgan fingerprint density at radius 1 is 1.48 bits per heavy atom. The van der Waals surface area contributed by atoms with Crippen LogP contribution < -0.4 is 5.32 Å². The van der Waals surface area contributed by atoms with E-state index in [1.807, 2.05) is 4.90 Å². The van der Waals surface area contributed by atoms with Crippen molar-refractivity contribution >= 4 is 28.9 Å². The number of methoxy groups -OCH3 is 1. The molecule has 0 bridgehead atoms. The van der Waals surface area contributed by atoms with E-state index < -0.39 is 18.2 Å². The van der Waals surface area contributed by atoms with Gasteiger partial charge in [-0.3, -0.25) is 10.1 Å². The van der Waals surface area contributed by atoms with Crippen molar-refractivity contribution in [1.29, 1.82) is 0 Å². The number of fused-ring (bicyclic) bond motifs is 1. The highest BCUT2D eigenvalue weighted by atomic mass is 32.2. The predicted molar refractivity (Wildman–Crippen MR) is 79.1 cm³/mol. The number of aliphatic hydroxyl groups excluding tert-OH is 1. The summed E-state index contributed by atoms with van der Waals surface area (Å²) in [5.74, 6) is 0.373. The molecule has 0 spiro atoms. The molecule has 0 aromatic carbocycles. The minimum absolute atomic E-state index is 0.115. The first-order chi connectivity index (χ1) is 10.1. The molecular weight excluding hydrogens is 296 g/mol. The Labute approximate surface area is 127 Å². The summed E-state index contributed by atoms with van der Waals surface area (Å²) in [6, 6.07) is -0.947. The molecule has 2 atom stereocenters. The van der Waals surface area contributed by atoms with Crippen molar-refractivity contribution in [3.05, 3.63) is 0 Å². The smallest absolute Gasteiger partial charge is 0.325 e. The maximum absolute atomic E-state index is 12.1. The summed E-state index contributed by atoms with van der Waals surface area (Å²) in [7, 11) is 3.22. The number of hydrogen-bond acceptors (Lipinski definition) is 7. The minimum Gasteiger partial charge on any atom is -0.396 e. The molecule has 2 rings (SSSR count). The predicted octanol–water partition coefficient (Wildman–Crippen LogP) is -0.704. The van der Waals surface area contributed by atoms with Gasteiger partial charge in [-0.15, -0.1) is 0 Å². The van der Waals surface area contributed by atoms with Crippen molar-refractivity contribution in [2.45, 2.75) is 18.6 Å². The van der Waals surface area contributed by atoms with Crippen LogP contribution in [0.2, 0.25) is 0 Å². The first kappa shape index (κ1) is 16.1. The van der Waals surface area contributed by atoms with E-state index >= 15 is 0 Å². The molecule has 0 radical (unpaired) electrons. The molecule has 8 nitrogen and oxygen atoms in total. The fourth-order valence-electron chi connectivity index (χ4n) is 2.27. The lowest BCUT2D eigenvalue weighted by Gasteiger charge is -2.36. The lowest BCUT2D eigenvalue weighted by atomic mass is 10.1. The van der Waals surface area contributed by atoms with Gasteiger partial charge in [0.1, 0.15) is 0 Å². The number of carbonyl (C=O) groups excluding carboxylic acids is 2. The number of likely N-dealkylation sites (N-methyl/N-ethyl adjacent to an activating group) is 1. The second-order valence-corrected chi connectivity index (χ2v) is 5.85. The number of rotatable bonds is 6. The summed E-state index contributed by atoms with van der Waals surface area (Å²) in [5.41, 5.74) is 0. The average Bonchev–Trinajstić information content (AvgIpc) is 2.82. The topological polar surface area (TPSA) is 94.5 Å². The zero-order chi connectivity index (χ0) is 15.4. The minimum atomic E-state index is -0.514. The monoisotopic (exact) mass is 316 g/mol. The molecule has 118 valence electrons. The van der Waals surface area contributed by atoms with E-state index in [1.165, 1.54) is 16.7 Å². The van der Waals surface area contributed by atoms with Crippen LogP contribution in [0.1, 0.15) is 6.42 Å². The normalized spacial score (nSPS) is 25.0. The standard InChI is InChI=1S/C12H20N4O4S/c1-15-9-8(10(18)14-11(15)19)16(4-6-20-2)12(13-9)21-7-3-5-17/h8-9,17H,3-7H2,1-2H3,(H,14,18,19). The second-order valence-electron chi connectivity index (χ2n) is 4.79. The maximum atomic E-state index is 12.1. The van der Waals surface area contributed by atoms with Crippen LogP contribution in [0.5, 0.6) is 0 Å². The van der Waals surface area contributed by atoms with E-state index in [2.05, 4.69) is 10.3 Å². The number of nitrogens with zero attached hydrogens (tertiary/aromatic N) is 3. The molecule has 0 aliphatic carbocycles. The van der Waals surface area contributed by atoms with Crippen LogP contribution in [0.25, 0.3) is 0 Å². The second kappa shape index (κ2) is 7.10. The summed E-state index contributed by atoms with van der Waals surface area (Å²) in [6.07, 6.45) is 0.151. The molecular formula is C12H20N4O4S. The number of aliphatic imine (C=N–C) groups is 1.